The molecule has 198 valence electrons. The Kier molecular flexibility index (Phi) is 8.13. The van der Waals surface area contributed by atoms with E-state index in [9.17, 15) is 14.7 Å². The topological polar surface area (TPSA) is 60.9 Å². The van der Waals surface area contributed by atoms with Crippen LogP contribution in [-0.2, 0) is 11.2 Å². The van der Waals surface area contributed by atoms with E-state index in [2.05, 4.69) is 6.92 Å². The van der Waals surface area contributed by atoms with Gasteiger partial charge in [0.25, 0.3) is 5.91 Å². The molecule has 2 saturated heterocycles. The van der Waals surface area contributed by atoms with Crippen molar-refractivity contribution in [2.24, 2.45) is 11.8 Å². The normalized spacial score (nSPS) is 25.1. The van der Waals surface area contributed by atoms with Gasteiger partial charge in [0.2, 0.25) is 5.91 Å². The lowest BCUT2D eigenvalue weighted by Gasteiger charge is -2.33. The van der Waals surface area contributed by atoms with Gasteiger partial charge in [0.05, 0.1) is 6.10 Å². The number of benzene rings is 2. The molecule has 2 heterocycles. The Bertz CT molecular complexity index is 1110. The summed E-state index contributed by atoms with van der Waals surface area (Å²) in [6, 6.07) is 11.7. The summed E-state index contributed by atoms with van der Waals surface area (Å²) in [6.07, 6.45) is 6.51. The Morgan fingerprint density at radius 3 is 2.14 bits per heavy atom. The summed E-state index contributed by atoms with van der Waals surface area (Å²) in [5, 5.41) is 10.9. The maximum Gasteiger partial charge on any atom is 0.253 e. The number of rotatable bonds is 5. The number of amides is 2. The molecule has 1 aliphatic carbocycles. The smallest absolute Gasteiger partial charge is 0.253 e. The van der Waals surface area contributed by atoms with Crippen molar-refractivity contribution in [2.75, 3.05) is 19.6 Å². The van der Waals surface area contributed by atoms with Gasteiger partial charge in [0, 0.05) is 47.2 Å². The molecule has 1 saturated carbocycles. The Hall–Kier alpha value is -2.08. The number of piperidine rings is 1. The zero-order valence-corrected chi connectivity index (χ0v) is 23.0. The highest BCUT2D eigenvalue weighted by molar-refractivity contribution is 6.36. The highest BCUT2D eigenvalue weighted by Gasteiger charge is 2.37. The molecule has 0 spiro atoms. The molecular weight excluding hydrogens is 507 g/mol. The van der Waals surface area contributed by atoms with Crippen molar-refractivity contribution in [3.05, 3.63) is 57.6 Å². The number of likely N-dealkylation sites (tertiary alicyclic amines) is 2. The minimum Gasteiger partial charge on any atom is -0.393 e. The molecule has 1 atom stereocenters. The van der Waals surface area contributed by atoms with Crippen LogP contribution in [0.25, 0.3) is 11.1 Å². The molecule has 37 heavy (non-hydrogen) atoms. The van der Waals surface area contributed by atoms with Gasteiger partial charge in [-0.1, -0.05) is 42.3 Å². The molecular formula is C30H36Cl2N2O3. The van der Waals surface area contributed by atoms with Crippen LogP contribution in [-0.4, -0.2) is 58.5 Å². The largest absolute Gasteiger partial charge is 0.393 e. The second kappa shape index (κ2) is 11.3. The summed E-state index contributed by atoms with van der Waals surface area (Å²) >= 11 is 13.4. The maximum absolute atomic E-state index is 13.2. The van der Waals surface area contributed by atoms with E-state index < -0.39 is 0 Å². The molecule has 5 nitrogen and oxygen atoms in total. The molecule has 1 N–H and O–H groups in total. The zero-order chi connectivity index (χ0) is 26.1. The van der Waals surface area contributed by atoms with Gasteiger partial charge >= 0.3 is 0 Å². The van der Waals surface area contributed by atoms with E-state index in [-0.39, 0.29) is 29.9 Å². The number of carbonyl (C=O) groups excluding carboxylic acids is 2. The summed E-state index contributed by atoms with van der Waals surface area (Å²) in [5.74, 6) is 0.836. The van der Waals surface area contributed by atoms with Crippen molar-refractivity contribution in [3.63, 3.8) is 0 Å². The minimum absolute atomic E-state index is 0.0875. The summed E-state index contributed by atoms with van der Waals surface area (Å²) in [5.41, 5.74) is 3.35. The van der Waals surface area contributed by atoms with E-state index in [1.54, 1.807) is 0 Å². The van der Waals surface area contributed by atoms with Crippen molar-refractivity contribution in [3.8, 4) is 11.1 Å². The summed E-state index contributed by atoms with van der Waals surface area (Å²) in [6.45, 7) is 4.64. The van der Waals surface area contributed by atoms with E-state index in [1.807, 2.05) is 46.2 Å². The molecule has 2 aromatic carbocycles. The van der Waals surface area contributed by atoms with E-state index in [0.717, 1.165) is 81.3 Å². The van der Waals surface area contributed by atoms with Gasteiger partial charge in [-0.15, -0.1) is 0 Å². The van der Waals surface area contributed by atoms with Gasteiger partial charge in [-0.2, -0.15) is 0 Å². The Morgan fingerprint density at radius 2 is 1.51 bits per heavy atom. The first-order valence-corrected chi connectivity index (χ1v) is 14.4. The minimum atomic E-state index is -0.226. The van der Waals surface area contributed by atoms with Crippen LogP contribution in [0.15, 0.2) is 36.4 Å². The predicted molar refractivity (Wildman–Crippen MR) is 148 cm³/mol. The predicted octanol–water partition coefficient (Wildman–Crippen LogP) is 6.23. The van der Waals surface area contributed by atoms with Crippen LogP contribution in [0.4, 0.5) is 0 Å². The van der Waals surface area contributed by atoms with Crippen LogP contribution in [0.1, 0.15) is 67.8 Å². The van der Waals surface area contributed by atoms with Gasteiger partial charge in [-0.3, -0.25) is 9.59 Å². The van der Waals surface area contributed by atoms with Gasteiger partial charge < -0.3 is 14.9 Å². The summed E-state index contributed by atoms with van der Waals surface area (Å²) < 4.78 is 0. The highest BCUT2D eigenvalue weighted by Crippen LogP contribution is 2.37. The van der Waals surface area contributed by atoms with Crippen molar-refractivity contribution in [1.29, 1.82) is 0 Å². The molecule has 0 radical (unpaired) electrons. The lowest BCUT2D eigenvalue weighted by atomic mass is 9.92. The molecule has 3 aliphatic rings. The SMILES string of the molecule is CC1CCN(C(=O)c2ccc(-c3cc(Cl)c(C[C@@H]4CCN([C@H]5CC[C@H](O)CC5)C4=O)c(Cl)c3)cc2)CC1. The molecule has 2 aliphatic heterocycles. The summed E-state index contributed by atoms with van der Waals surface area (Å²) in [7, 11) is 0. The number of nitrogens with zero attached hydrogens (tertiary/aromatic N) is 2. The first-order chi connectivity index (χ1) is 17.8. The maximum atomic E-state index is 13.2. The number of aliphatic hydroxyl groups excluding tert-OH is 1. The third kappa shape index (κ3) is 5.84. The second-order valence-corrected chi connectivity index (χ2v) is 12.0. The molecule has 0 unspecified atom stereocenters. The third-order valence-electron chi connectivity index (χ3n) is 8.59. The fraction of sp³-hybridized carbons (Fsp3) is 0.533. The average Bonchev–Trinajstić information content (AvgIpc) is 3.26. The third-order valence-corrected chi connectivity index (χ3v) is 9.26. The van der Waals surface area contributed by atoms with Crippen molar-refractivity contribution < 1.29 is 14.7 Å². The van der Waals surface area contributed by atoms with Crippen LogP contribution < -0.4 is 0 Å². The monoisotopic (exact) mass is 542 g/mol. The van der Waals surface area contributed by atoms with Crippen LogP contribution in [0.5, 0.6) is 0 Å². The molecule has 2 aromatic rings. The first-order valence-electron chi connectivity index (χ1n) is 13.7. The Labute approximate surface area is 229 Å². The molecule has 0 aromatic heterocycles. The number of hydrogen-bond donors (Lipinski definition) is 1. The number of aliphatic hydroxyl groups is 1. The lowest BCUT2D eigenvalue weighted by Crippen LogP contribution is -2.41. The van der Waals surface area contributed by atoms with Crippen molar-refractivity contribution >= 4 is 35.0 Å². The number of hydrogen-bond acceptors (Lipinski definition) is 3. The Balaban J connectivity index is 1.25. The first kappa shape index (κ1) is 26.5. The van der Waals surface area contributed by atoms with Crippen LogP contribution >= 0.6 is 23.2 Å². The van der Waals surface area contributed by atoms with E-state index in [4.69, 9.17) is 23.2 Å². The molecule has 3 fully saturated rings. The standard InChI is InChI=1S/C30H36Cl2N2O3/c1-19-10-13-33(14-11-19)29(36)21-4-2-20(3-5-21)23-17-27(31)26(28(32)18-23)16-22-12-15-34(30(22)37)24-6-8-25(35)9-7-24/h2-5,17-19,22,24-25,35H,6-16H2,1H3/t22-,24-,25-/m0/s1. The van der Waals surface area contributed by atoms with Crippen molar-refractivity contribution in [1.82, 2.24) is 9.80 Å². The fourth-order valence-corrected chi connectivity index (χ4v) is 6.74. The number of carbonyl (C=O) groups is 2. The molecule has 0 bridgehead atoms. The van der Waals surface area contributed by atoms with Crippen molar-refractivity contribution in [2.45, 2.75) is 70.4 Å². The van der Waals surface area contributed by atoms with Gasteiger partial charge in [0.1, 0.15) is 0 Å². The second-order valence-electron chi connectivity index (χ2n) is 11.2. The average molecular weight is 544 g/mol. The zero-order valence-electron chi connectivity index (χ0n) is 21.5. The van der Waals surface area contributed by atoms with Gasteiger partial charge in [-0.25, -0.2) is 0 Å². The fourth-order valence-electron chi connectivity index (χ4n) is 6.10. The Morgan fingerprint density at radius 1 is 0.892 bits per heavy atom. The van der Waals surface area contributed by atoms with Gasteiger partial charge in [-0.05, 0) is 98.2 Å². The van der Waals surface area contributed by atoms with E-state index >= 15 is 0 Å². The quantitative estimate of drug-likeness (QED) is 0.487. The van der Waals surface area contributed by atoms with E-state index in [0.29, 0.717) is 27.9 Å². The van der Waals surface area contributed by atoms with Crippen LogP contribution in [0.2, 0.25) is 10.0 Å². The molecule has 7 heteroatoms. The molecule has 5 rings (SSSR count). The number of halogens is 2. The molecule has 2 amide bonds. The highest BCUT2D eigenvalue weighted by atomic mass is 35.5. The van der Waals surface area contributed by atoms with Gasteiger partial charge in [0.15, 0.2) is 0 Å². The lowest BCUT2D eigenvalue weighted by molar-refractivity contribution is -0.133. The van der Waals surface area contributed by atoms with Crippen LogP contribution in [0, 0.1) is 11.8 Å². The van der Waals surface area contributed by atoms with E-state index in [1.165, 1.54) is 0 Å². The summed E-state index contributed by atoms with van der Waals surface area (Å²) in [4.78, 5) is 30.0. The van der Waals surface area contributed by atoms with Crippen LogP contribution in [0.3, 0.4) is 0 Å².